The van der Waals surface area contributed by atoms with Crippen molar-refractivity contribution < 1.29 is 23.6 Å². The third kappa shape index (κ3) is 2.54. The predicted molar refractivity (Wildman–Crippen MR) is 55.9 cm³/mol. The second-order valence-electron chi connectivity index (χ2n) is 3.38. The van der Waals surface area contributed by atoms with Gasteiger partial charge in [0.1, 0.15) is 0 Å². The van der Waals surface area contributed by atoms with E-state index in [-0.39, 0.29) is 18.1 Å². The maximum atomic E-state index is 11.6. The van der Waals surface area contributed by atoms with Crippen LogP contribution in [0.2, 0.25) is 0 Å². The van der Waals surface area contributed by atoms with Crippen LogP contribution in [0.15, 0.2) is 21.1 Å². The molecule has 0 aliphatic carbocycles. The Balaban J connectivity index is 1.97. The molecule has 2 N–H and O–H groups in total. The van der Waals surface area contributed by atoms with E-state index in [0.29, 0.717) is 11.7 Å². The fraction of sp³-hybridized carbons (Fsp3) is 0.200. The van der Waals surface area contributed by atoms with Crippen molar-refractivity contribution >= 4 is 11.9 Å². The van der Waals surface area contributed by atoms with Gasteiger partial charge in [0, 0.05) is 6.92 Å². The smallest absolute Gasteiger partial charge is 0.371 e. The molecule has 0 saturated heterocycles. The van der Waals surface area contributed by atoms with Gasteiger partial charge in [0.25, 0.3) is 5.91 Å². The number of aromatic carboxylic acids is 1. The number of carbonyl (C=O) groups excluding carboxylic acids is 1. The lowest BCUT2D eigenvalue weighted by Gasteiger charge is -1.98. The second kappa shape index (κ2) is 4.70. The van der Waals surface area contributed by atoms with E-state index in [1.54, 1.807) is 6.92 Å². The molecular formula is C10H9N3O5. The van der Waals surface area contributed by atoms with Gasteiger partial charge >= 0.3 is 5.97 Å². The van der Waals surface area contributed by atoms with Crippen molar-refractivity contribution in [2.24, 2.45) is 0 Å². The van der Waals surface area contributed by atoms with Crippen LogP contribution >= 0.6 is 0 Å². The summed E-state index contributed by atoms with van der Waals surface area (Å²) >= 11 is 0. The molecule has 94 valence electrons. The number of hydrogen-bond acceptors (Lipinski definition) is 6. The minimum absolute atomic E-state index is 0.0687. The average Bonchev–Trinajstić information content (AvgIpc) is 2.94. The van der Waals surface area contributed by atoms with Crippen LogP contribution in [0.4, 0.5) is 0 Å². The minimum atomic E-state index is -1.23. The molecular weight excluding hydrogens is 242 g/mol. The zero-order valence-corrected chi connectivity index (χ0v) is 9.34. The van der Waals surface area contributed by atoms with Gasteiger partial charge in [-0.25, -0.2) is 4.79 Å². The number of aryl methyl sites for hydroxylation is 1. The molecule has 18 heavy (non-hydrogen) atoms. The van der Waals surface area contributed by atoms with Gasteiger partial charge in [0.2, 0.25) is 11.7 Å². The van der Waals surface area contributed by atoms with Crippen LogP contribution in [0.25, 0.3) is 0 Å². The number of carboxylic acid groups (broad SMARTS) is 1. The van der Waals surface area contributed by atoms with E-state index in [1.165, 1.54) is 12.1 Å². The molecule has 2 rings (SSSR count). The Morgan fingerprint density at radius 2 is 2.11 bits per heavy atom. The first kappa shape index (κ1) is 11.8. The van der Waals surface area contributed by atoms with Gasteiger partial charge in [-0.05, 0) is 12.1 Å². The number of rotatable bonds is 4. The van der Waals surface area contributed by atoms with Gasteiger partial charge < -0.3 is 19.4 Å². The van der Waals surface area contributed by atoms with E-state index in [4.69, 9.17) is 14.0 Å². The highest BCUT2D eigenvalue weighted by Crippen LogP contribution is 2.07. The number of furan rings is 1. The summed E-state index contributed by atoms with van der Waals surface area (Å²) < 4.78 is 9.55. The van der Waals surface area contributed by atoms with Crippen LogP contribution in [0.1, 0.15) is 32.8 Å². The second-order valence-corrected chi connectivity index (χ2v) is 3.38. The molecule has 2 heterocycles. The predicted octanol–water partition coefficient (Wildman–Crippen LogP) is 0.599. The summed E-state index contributed by atoms with van der Waals surface area (Å²) in [6.07, 6.45) is 0. The topological polar surface area (TPSA) is 118 Å². The third-order valence-corrected chi connectivity index (χ3v) is 2.02. The van der Waals surface area contributed by atoms with Crippen LogP contribution in [-0.4, -0.2) is 27.1 Å². The van der Waals surface area contributed by atoms with Crippen molar-refractivity contribution in [3.63, 3.8) is 0 Å². The van der Waals surface area contributed by atoms with Gasteiger partial charge in [-0.15, -0.1) is 0 Å². The van der Waals surface area contributed by atoms with Gasteiger partial charge in [-0.3, -0.25) is 4.79 Å². The monoisotopic (exact) mass is 251 g/mol. The molecule has 0 saturated carbocycles. The number of amides is 1. The van der Waals surface area contributed by atoms with Crippen molar-refractivity contribution in [2.75, 3.05) is 0 Å². The average molecular weight is 251 g/mol. The van der Waals surface area contributed by atoms with Gasteiger partial charge in [-0.2, -0.15) is 4.98 Å². The molecule has 2 aromatic rings. The molecule has 0 atom stereocenters. The number of carboxylic acids is 1. The van der Waals surface area contributed by atoms with E-state index in [0.717, 1.165) is 0 Å². The fourth-order valence-electron chi connectivity index (χ4n) is 1.23. The summed E-state index contributed by atoms with van der Waals surface area (Å²) in [6.45, 7) is 1.70. The van der Waals surface area contributed by atoms with E-state index in [1.807, 2.05) is 0 Å². The summed E-state index contributed by atoms with van der Waals surface area (Å²) in [4.78, 5) is 26.0. The number of nitrogens with one attached hydrogen (secondary N) is 1. The highest BCUT2D eigenvalue weighted by molar-refractivity contribution is 5.93. The summed E-state index contributed by atoms with van der Waals surface area (Å²) in [5.41, 5.74) is 0. The van der Waals surface area contributed by atoms with E-state index < -0.39 is 11.9 Å². The molecule has 2 aromatic heterocycles. The van der Waals surface area contributed by atoms with Crippen LogP contribution in [0.3, 0.4) is 0 Å². The standard InChI is InChI=1S/C10H9N3O5/c1-5-12-8(13-18-5)4-11-9(14)6-2-3-7(17-6)10(15)16/h2-3H,4H2,1H3,(H,11,14)(H,15,16). The maximum absolute atomic E-state index is 11.6. The minimum Gasteiger partial charge on any atom is -0.475 e. The van der Waals surface area contributed by atoms with Crippen LogP contribution in [0.5, 0.6) is 0 Å². The molecule has 0 spiro atoms. The van der Waals surface area contributed by atoms with E-state index in [9.17, 15) is 9.59 Å². The molecule has 1 amide bonds. The first-order valence-electron chi connectivity index (χ1n) is 4.97. The normalized spacial score (nSPS) is 10.3. The molecule has 0 aromatic carbocycles. The number of carbonyl (C=O) groups is 2. The number of nitrogens with zero attached hydrogens (tertiary/aromatic N) is 2. The Bertz CT molecular complexity index is 586. The van der Waals surface area contributed by atoms with Crippen molar-refractivity contribution in [2.45, 2.75) is 13.5 Å². The summed E-state index contributed by atoms with van der Waals surface area (Å²) in [5, 5.41) is 14.7. The molecule has 0 aliphatic rings. The molecule has 0 bridgehead atoms. The fourth-order valence-corrected chi connectivity index (χ4v) is 1.23. The first-order chi connectivity index (χ1) is 8.56. The lowest BCUT2D eigenvalue weighted by atomic mass is 10.4. The van der Waals surface area contributed by atoms with Crippen molar-refractivity contribution in [3.8, 4) is 0 Å². The Kier molecular flexibility index (Phi) is 3.09. The SMILES string of the molecule is Cc1nc(CNC(=O)c2ccc(C(=O)O)o2)no1. The Morgan fingerprint density at radius 1 is 1.39 bits per heavy atom. The maximum Gasteiger partial charge on any atom is 0.371 e. The van der Waals surface area contributed by atoms with Gasteiger partial charge in [0.15, 0.2) is 11.6 Å². The quantitative estimate of drug-likeness (QED) is 0.816. The van der Waals surface area contributed by atoms with Crippen LogP contribution < -0.4 is 5.32 Å². The molecule has 0 unspecified atom stereocenters. The highest BCUT2D eigenvalue weighted by atomic mass is 16.5. The van der Waals surface area contributed by atoms with Gasteiger partial charge in [-0.1, -0.05) is 5.16 Å². The van der Waals surface area contributed by atoms with E-state index >= 15 is 0 Å². The van der Waals surface area contributed by atoms with Crippen molar-refractivity contribution in [1.29, 1.82) is 0 Å². The highest BCUT2D eigenvalue weighted by Gasteiger charge is 2.15. The Labute approximate surface area is 101 Å². The summed E-state index contributed by atoms with van der Waals surface area (Å²) in [7, 11) is 0. The molecule has 0 aliphatic heterocycles. The Hall–Kier alpha value is -2.64. The lowest BCUT2D eigenvalue weighted by Crippen LogP contribution is -2.22. The number of hydrogen-bond donors (Lipinski definition) is 2. The zero-order chi connectivity index (χ0) is 13.1. The van der Waals surface area contributed by atoms with Crippen molar-refractivity contribution in [1.82, 2.24) is 15.5 Å². The lowest BCUT2D eigenvalue weighted by molar-refractivity contribution is 0.0659. The number of aromatic nitrogens is 2. The Morgan fingerprint density at radius 3 is 2.67 bits per heavy atom. The largest absolute Gasteiger partial charge is 0.475 e. The van der Waals surface area contributed by atoms with Gasteiger partial charge in [0.05, 0.1) is 6.54 Å². The molecule has 0 radical (unpaired) electrons. The van der Waals surface area contributed by atoms with Crippen LogP contribution in [-0.2, 0) is 6.54 Å². The summed E-state index contributed by atoms with van der Waals surface area (Å²) in [6, 6.07) is 2.48. The molecule has 8 heteroatoms. The molecule has 0 fully saturated rings. The first-order valence-corrected chi connectivity index (χ1v) is 4.97. The van der Waals surface area contributed by atoms with Crippen molar-refractivity contribution in [3.05, 3.63) is 35.4 Å². The zero-order valence-electron chi connectivity index (χ0n) is 9.34. The third-order valence-electron chi connectivity index (χ3n) is 2.02. The summed E-state index contributed by atoms with van der Waals surface area (Å²) in [5.74, 6) is -1.45. The molecule has 8 nitrogen and oxygen atoms in total. The van der Waals surface area contributed by atoms with Crippen LogP contribution in [0, 0.1) is 6.92 Å². The van der Waals surface area contributed by atoms with E-state index in [2.05, 4.69) is 15.5 Å².